The number of nitrogen functional groups attached to an aromatic ring is 1. The summed E-state index contributed by atoms with van der Waals surface area (Å²) in [5, 5.41) is 2.78. The third-order valence-electron chi connectivity index (χ3n) is 1.97. The van der Waals surface area contributed by atoms with Crippen LogP contribution in [0.2, 0.25) is 0 Å². The first-order valence-electron chi connectivity index (χ1n) is 4.84. The topological polar surface area (TPSA) is 71.2 Å². The number of anilines is 1. The lowest BCUT2D eigenvalue weighted by Gasteiger charge is -2.11. The molecule has 0 aliphatic carbocycles. The molecule has 0 atom stereocenters. The van der Waals surface area contributed by atoms with Crippen molar-refractivity contribution in [1.29, 1.82) is 0 Å². The number of hydrogen-bond acceptors (Lipinski definition) is 4. The molecule has 0 fully saturated rings. The summed E-state index contributed by atoms with van der Waals surface area (Å²) in [6.45, 7) is 1.37. The van der Waals surface area contributed by atoms with Gasteiger partial charge in [0.15, 0.2) is 0 Å². The Labute approximate surface area is 103 Å². The molecular weight excluding hydrogens is 272 g/mol. The maximum absolute atomic E-state index is 11.7. The molecule has 0 bridgehead atoms. The third kappa shape index (κ3) is 3.79. The highest BCUT2D eigenvalue weighted by molar-refractivity contribution is 9.10. The molecule has 0 saturated carbocycles. The van der Waals surface area contributed by atoms with Crippen LogP contribution in [0.5, 0.6) is 0 Å². The van der Waals surface area contributed by atoms with Crippen molar-refractivity contribution in [1.82, 2.24) is 15.2 Å². The van der Waals surface area contributed by atoms with Gasteiger partial charge in [-0.1, -0.05) is 0 Å². The monoisotopic (exact) mass is 286 g/mol. The first-order valence-corrected chi connectivity index (χ1v) is 5.64. The van der Waals surface area contributed by atoms with Crippen molar-refractivity contribution in [3.05, 3.63) is 22.3 Å². The molecule has 0 saturated heterocycles. The number of rotatable bonds is 4. The van der Waals surface area contributed by atoms with E-state index < -0.39 is 0 Å². The van der Waals surface area contributed by atoms with Crippen molar-refractivity contribution in [3.63, 3.8) is 0 Å². The van der Waals surface area contributed by atoms with Crippen LogP contribution in [0.4, 0.5) is 5.82 Å². The van der Waals surface area contributed by atoms with E-state index in [0.29, 0.717) is 12.1 Å². The molecule has 1 rings (SSSR count). The molecule has 0 unspecified atom stereocenters. The Bertz CT molecular complexity index is 381. The smallest absolute Gasteiger partial charge is 0.255 e. The van der Waals surface area contributed by atoms with Gasteiger partial charge in [0.2, 0.25) is 0 Å². The third-order valence-corrected chi connectivity index (χ3v) is 2.41. The molecule has 0 aliphatic rings. The summed E-state index contributed by atoms with van der Waals surface area (Å²) in [5.41, 5.74) is 6.02. The zero-order valence-electron chi connectivity index (χ0n) is 9.33. The second kappa shape index (κ2) is 5.81. The van der Waals surface area contributed by atoms with E-state index in [9.17, 15) is 4.79 Å². The van der Waals surface area contributed by atoms with Gasteiger partial charge in [-0.15, -0.1) is 0 Å². The fraction of sp³-hybridized carbons (Fsp3) is 0.400. The van der Waals surface area contributed by atoms with Gasteiger partial charge in [-0.3, -0.25) is 4.79 Å². The van der Waals surface area contributed by atoms with E-state index in [2.05, 4.69) is 26.2 Å². The number of likely N-dealkylation sites (N-methyl/N-ethyl adjacent to an activating group) is 1. The summed E-state index contributed by atoms with van der Waals surface area (Å²) in [4.78, 5) is 17.6. The standard InChI is InChI=1S/C10H15BrN4O/c1-15(2)4-3-13-10(16)8-5-7(11)6-14-9(8)12/h5-6H,3-4H2,1-2H3,(H2,12,14)(H,13,16). The molecule has 0 aliphatic heterocycles. The number of nitrogens with one attached hydrogen (secondary N) is 1. The second-order valence-electron chi connectivity index (χ2n) is 3.65. The van der Waals surface area contributed by atoms with Gasteiger partial charge in [-0.05, 0) is 36.1 Å². The van der Waals surface area contributed by atoms with Crippen LogP contribution in [0, 0.1) is 0 Å². The molecule has 1 amide bonds. The summed E-state index contributed by atoms with van der Waals surface area (Å²) in [5.74, 6) is 0.0405. The van der Waals surface area contributed by atoms with E-state index in [4.69, 9.17) is 5.73 Å². The van der Waals surface area contributed by atoms with Gasteiger partial charge in [0, 0.05) is 23.8 Å². The van der Waals surface area contributed by atoms with Crippen LogP contribution in [-0.4, -0.2) is 43.0 Å². The van der Waals surface area contributed by atoms with Crippen molar-refractivity contribution < 1.29 is 4.79 Å². The van der Waals surface area contributed by atoms with E-state index in [1.54, 1.807) is 12.3 Å². The summed E-state index contributed by atoms with van der Waals surface area (Å²) in [7, 11) is 3.89. The van der Waals surface area contributed by atoms with Crippen LogP contribution in [0.3, 0.4) is 0 Å². The minimum Gasteiger partial charge on any atom is -0.383 e. The summed E-state index contributed by atoms with van der Waals surface area (Å²) in [6, 6.07) is 1.66. The molecule has 0 radical (unpaired) electrons. The number of nitrogens with zero attached hydrogens (tertiary/aromatic N) is 2. The first kappa shape index (κ1) is 12.9. The van der Waals surface area contributed by atoms with Crippen molar-refractivity contribution in [2.24, 2.45) is 0 Å². The van der Waals surface area contributed by atoms with Gasteiger partial charge in [-0.2, -0.15) is 0 Å². The SMILES string of the molecule is CN(C)CCNC(=O)c1cc(Br)cnc1N. The van der Waals surface area contributed by atoms with Crippen molar-refractivity contribution in [3.8, 4) is 0 Å². The highest BCUT2D eigenvalue weighted by atomic mass is 79.9. The lowest BCUT2D eigenvalue weighted by Crippen LogP contribution is -2.31. The summed E-state index contributed by atoms with van der Waals surface area (Å²) >= 11 is 3.25. The molecule has 3 N–H and O–H groups in total. The predicted octanol–water partition coefficient (Wildman–Crippen LogP) is 0.718. The van der Waals surface area contributed by atoms with Crippen molar-refractivity contribution in [2.45, 2.75) is 0 Å². The summed E-state index contributed by atoms with van der Waals surface area (Å²) in [6.07, 6.45) is 1.56. The zero-order valence-corrected chi connectivity index (χ0v) is 10.9. The number of halogens is 1. The number of aromatic nitrogens is 1. The molecule has 16 heavy (non-hydrogen) atoms. The van der Waals surface area contributed by atoms with Gasteiger partial charge in [0.25, 0.3) is 5.91 Å². The van der Waals surface area contributed by atoms with E-state index in [-0.39, 0.29) is 11.7 Å². The lowest BCUT2D eigenvalue weighted by molar-refractivity contribution is 0.0951. The zero-order chi connectivity index (χ0) is 12.1. The molecule has 1 aromatic rings. The van der Waals surface area contributed by atoms with Gasteiger partial charge in [0.1, 0.15) is 5.82 Å². The van der Waals surface area contributed by atoms with Crippen LogP contribution in [0.1, 0.15) is 10.4 Å². The number of pyridine rings is 1. The van der Waals surface area contributed by atoms with Gasteiger partial charge in [-0.25, -0.2) is 4.98 Å². The average Bonchev–Trinajstić information content (AvgIpc) is 2.21. The van der Waals surface area contributed by atoms with E-state index in [0.717, 1.165) is 11.0 Å². The first-order chi connectivity index (χ1) is 7.50. The fourth-order valence-corrected chi connectivity index (χ4v) is 1.45. The Morgan fingerprint density at radius 1 is 1.62 bits per heavy atom. The van der Waals surface area contributed by atoms with Crippen LogP contribution >= 0.6 is 15.9 Å². The van der Waals surface area contributed by atoms with Crippen LogP contribution < -0.4 is 11.1 Å². The maximum Gasteiger partial charge on any atom is 0.255 e. The maximum atomic E-state index is 11.7. The highest BCUT2D eigenvalue weighted by Crippen LogP contribution is 2.15. The van der Waals surface area contributed by atoms with E-state index >= 15 is 0 Å². The number of nitrogens with two attached hydrogens (primary N) is 1. The Morgan fingerprint density at radius 2 is 2.31 bits per heavy atom. The van der Waals surface area contributed by atoms with Gasteiger partial charge in [0.05, 0.1) is 5.56 Å². The largest absolute Gasteiger partial charge is 0.383 e. The quantitative estimate of drug-likeness (QED) is 0.856. The molecular formula is C10H15BrN4O. The minimum absolute atomic E-state index is 0.201. The molecule has 6 heteroatoms. The highest BCUT2D eigenvalue weighted by Gasteiger charge is 2.10. The van der Waals surface area contributed by atoms with Crippen molar-refractivity contribution >= 4 is 27.7 Å². The Morgan fingerprint density at radius 3 is 2.94 bits per heavy atom. The lowest BCUT2D eigenvalue weighted by atomic mass is 10.2. The molecule has 1 aromatic heterocycles. The molecule has 5 nitrogen and oxygen atoms in total. The van der Waals surface area contributed by atoms with E-state index in [1.165, 1.54) is 0 Å². The average molecular weight is 287 g/mol. The molecule has 0 spiro atoms. The molecule has 88 valence electrons. The van der Waals surface area contributed by atoms with Crippen LogP contribution in [0.15, 0.2) is 16.7 Å². The molecule has 1 heterocycles. The van der Waals surface area contributed by atoms with Crippen LogP contribution in [0.25, 0.3) is 0 Å². The number of amides is 1. The predicted molar refractivity (Wildman–Crippen MR) is 67.2 cm³/mol. The minimum atomic E-state index is -0.201. The normalized spacial score (nSPS) is 10.5. The van der Waals surface area contributed by atoms with E-state index in [1.807, 2.05) is 19.0 Å². The van der Waals surface area contributed by atoms with Gasteiger partial charge >= 0.3 is 0 Å². The molecule has 0 aromatic carbocycles. The fourth-order valence-electron chi connectivity index (χ4n) is 1.12. The summed E-state index contributed by atoms with van der Waals surface area (Å²) < 4.78 is 0.736. The van der Waals surface area contributed by atoms with Crippen molar-refractivity contribution in [2.75, 3.05) is 32.9 Å². The van der Waals surface area contributed by atoms with Gasteiger partial charge < -0.3 is 16.0 Å². The second-order valence-corrected chi connectivity index (χ2v) is 4.56. The Hall–Kier alpha value is -1.14. The Balaban J connectivity index is 2.62. The number of hydrogen-bond donors (Lipinski definition) is 2. The number of carbonyl (C=O) groups excluding carboxylic acids is 1. The van der Waals surface area contributed by atoms with Crippen LogP contribution in [-0.2, 0) is 0 Å². The Kier molecular flexibility index (Phi) is 4.70. The number of carbonyl (C=O) groups is 1.